The van der Waals surface area contributed by atoms with Gasteiger partial charge in [-0.1, -0.05) is 26.0 Å². The van der Waals surface area contributed by atoms with Crippen molar-refractivity contribution in [1.29, 1.82) is 5.26 Å². The molecule has 0 amide bonds. The Labute approximate surface area is 90.9 Å². The molecule has 1 aromatic carbocycles. The molecule has 15 heavy (non-hydrogen) atoms. The maximum absolute atomic E-state index is 8.87. The lowest BCUT2D eigenvalue weighted by atomic mass is 10.1. The van der Waals surface area contributed by atoms with Gasteiger partial charge < -0.3 is 11.1 Å². The van der Waals surface area contributed by atoms with Crippen molar-refractivity contribution in [3.8, 4) is 6.07 Å². The Balaban J connectivity index is 2.62. The minimum Gasteiger partial charge on any atom is -0.382 e. The van der Waals surface area contributed by atoms with Gasteiger partial charge in [0, 0.05) is 12.6 Å². The zero-order valence-electron chi connectivity index (χ0n) is 9.20. The van der Waals surface area contributed by atoms with E-state index in [9.17, 15) is 0 Å². The summed E-state index contributed by atoms with van der Waals surface area (Å²) in [5, 5.41) is 12.1. The quantitative estimate of drug-likeness (QED) is 0.786. The molecular formula is C12H17N3. The number of benzene rings is 1. The Morgan fingerprint density at radius 3 is 2.67 bits per heavy atom. The van der Waals surface area contributed by atoms with Crippen LogP contribution < -0.4 is 11.1 Å². The van der Waals surface area contributed by atoms with E-state index in [-0.39, 0.29) is 6.04 Å². The molecule has 0 bridgehead atoms. The molecule has 0 saturated carbocycles. The monoisotopic (exact) mass is 203 g/mol. The number of nitrogens with two attached hydrogens (primary N) is 1. The van der Waals surface area contributed by atoms with Crippen molar-refractivity contribution in [3.63, 3.8) is 0 Å². The average Bonchev–Trinajstić information content (AvgIpc) is 2.26. The molecule has 1 rings (SSSR count). The van der Waals surface area contributed by atoms with E-state index in [2.05, 4.69) is 25.2 Å². The van der Waals surface area contributed by atoms with Crippen molar-refractivity contribution < 1.29 is 0 Å². The van der Waals surface area contributed by atoms with E-state index >= 15 is 0 Å². The van der Waals surface area contributed by atoms with Gasteiger partial charge in [0.2, 0.25) is 0 Å². The van der Waals surface area contributed by atoms with Crippen molar-refractivity contribution in [2.75, 3.05) is 11.9 Å². The third kappa shape index (κ3) is 3.26. The summed E-state index contributed by atoms with van der Waals surface area (Å²) in [4.78, 5) is 0. The smallest absolute Gasteiger partial charge is 0.101 e. The van der Waals surface area contributed by atoms with Crippen LogP contribution in [0.15, 0.2) is 24.3 Å². The SMILES string of the molecule is CC(C)C(N)CNc1ccccc1C#N. The predicted octanol–water partition coefficient (Wildman–Crippen LogP) is 1.95. The summed E-state index contributed by atoms with van der Waals surface area (Å²) < 4.78 is 0. The second-order valence-electron chi connectivity index (χ2n) is 3.95. The molecule has 0 saturated heterocycles. The largest absolute Gasteiger partial charge is 0.382 e. The van der Waals surface area contributed by atoms with Crippen LogP contribution in [0.2, 0.25) is 0 Å². The molecular weight excluding hydrogens is 186 g/mol. The minimum atomic E-state index is 0.108. The maximum atomic E-state index is 8.87. The average molecular weight is 203 g/mol. The molecule has 0 fully saturated rings. The van der Waals surface area contributed by atoms with Crippen LogP contribution in [0.3, 0.4) is 0 Å². The fourth-order valence-electron chi connectivity index (χ4n) is 1.20. The van der Waals surface area contributed by atoms with E-state index in [1.807, 2.05) is 18.2 Å². The van der Waals surface area contributed by atoms with Gasteiger partial charge in [0.25, 0.3) is 0 Å². The van der Waals surface area contributed by atoms with E-state index in [4.69, 9.17) is 11.0 Å². The van der Waals surface area contributed by atoms with Crippen LogP contribution in [0.4, 0.5) is 5.69 Å². The predicted molar refractivity (Wildman–Crippen MR) is 62.5 cm³/mol. The van der Waals surface area contributed by atoms with Gasteiger partial charge in [0.15, 0.2) is 0 Å². The lowest BCUT2D eigenvalue weighted by molar-refractivity contribution is 0.511. The summed E-state index contributed by atoms with van der Waals surface area (Å²) in [6.07, 6.45) is 0. The first kappa shape index (κ1) is 11.5. The Morgan fingerprint density at radius 2 is 2.07 bits per heavy atom. The van der Waals surface area contributed by atoms with Gasteiger partial charge in [-0.2, -0.15) is 5.26 Å². The van der Waals surface area contributed by atoms with E-state index < -0.39 is 0 Å². The van der Waals surface area contributed by atoms with Crippen LogP contribution in [-0.2, 0) is 0 Å². The highest BCUT2D eigenvalue weighted by atomic mass is 14.9. The fraction of sp³-hybridized carbons (Fsp3) is 0.417. The number of para-hydroxylation sites is 1. The number of nitrogens with zero attached hydrogens (tertiary/aromatic N) is 1. The van der Waals surface area contributed by atoms with Crippen LogP contribution in [0, 0.1) is 17.2 Å². The van der Waals surface area contributed by atoms with Crippen LogP contribution in [0.25, 0.3) is 0 Å². The maximum Gasteiger partial charge on any atom is 0.101 e. The number of hydrogen-bond acceptors (Lipinski definition) is 3. The van der Waals surface area contributed by atoms with Crippen LogP contribution in [0.5, 0.6) is 0 Å². The number of nitrogens with one attached hydrogen (secondary N) is 1. The first-order valence-electron chi connectivity index (χ1n) is 5.13. The standard InChI is InChI=1S/C12H17N3/c1-9(2)11(14)8-15-12-6-4-3-5-10(12)7-13/h3-6,9,11,15H,8,14H2,1-2H3. The summed E-state index contributed by atoms with van der Waals surface area (Å²) in [6.45, 7) is 4.86. The second-order valence-corrected chi connectivity index (χ2v) is 3.95. The summed E-state index contributed by atoms with van der Waals surface area (Å²) >= 11 is 0. The molecule has 0 radical (unpaired) electrons. The van der Waals surface area contributed by atoms with Crippen molar-refractivity contribution in [3.05, 3.63) is 29.8 Å². The van der Waals surface area contributed by atoms with Crippen LogP contribution in [0.1, 0.15) is 19.4 Å². The molecule has 0 aliphatic carbocycles. The lowest BCUT2D eigenvalue weighted by Gasteiger charge is -2.17. The van der Waals surface area contributed by atoms with E-state index in [0.717, 1.165) is 5.69 Å². The Kier molecular flexibility index (Phi) is 4.14. The Hall–Kier alpha value is -1.53. The molecule has 3 N–H and O–H groups in total. The van der Waals surface area contributed by atoms with Gasteiger partial charge in [0.1, 0.15) is 6.07 Å². The number of nitriles is 1. The Bertz CT molecular complexity index is 352. The molecule has 1 unspecified atom stereocenters. The normalized spacial score (nSPS) is 12.2. The van der Waals surface area contributed by atoms with Gasteiger partial charge in [0.05, 0.1) is 11.3 Å². The van der Waals surface area contributed by atoms with Gasteiger partial charge in [-0.05, 0) is 18.1 Å². The molecule has 1 atom stereocenters. The first-order valence-corrected chi connectivity index (χ1v) is 5.13. The number of anilines is 1. The Morgan fingerprint density at radius 1 is 1.40 bits per heavy atom. The number of rotatable bonds is 4. The summed E-state index contributed by atoms with van der Waals surface area (Å²) in [5.74, 6) is 0.437. The fourth-order valence-corrected chi connectivity index (χ4v) is 1.20. The molecule has 0 aromatic heterocycles. The zero-order chi connectivity index (χ0) is 11.3. The van der Waals surface area contributed by atoms with Crippen molar-refractivity contribution in [1.82, 2.24) is 0 Å². The molecule has 0 heterocycles. The highest BCUT2D eigenvalue weighted by Gasteiger charge is 2.07. The summed E-state index contributed by atoms with van der Waals surface area (Å²) in [6, 6.07) is 9.70. The highest BCUT2D eigenvalue weighted by molar-refractivity contribution is 5.57. The molecule has 3 nitrogen and oxygen atoms in total. The zero-order valence-corrected chi connectivity index (χ0v) is 9.20. The molecule has 80 valence electrons. The van der Waals surface area contributed by atoms with Gasteiger partial charge in [-0.3, -0.25) is 0 Å². The van der Waals surface area contributed by atoms with E-state index in [1.165, 1.54) is 0 Å². The summed E-state index contributed by atoms with van der Waals surface area (Å²) in [7, 11) is 0. The number of hydrogen-bond donors (Lipinski definition) is 2. The van der Waals surface area contributed by atoms with E-state index in [0.29, 0.717) is 18.0 Å². The molecule has 0 aliphatic rings. The van der Waals surface area contributed by atoms with Crippen LogP contribution >= 0.6 is 0 Å². The highest BCUT2D eigenvalue weighted by Crippen LogP contribution is 2.13. The molecule has 1 aromatic rings. The van der Waals surface area contributed by atoms with Crippen molar-refractivity contribution in [2.45, 2.75) is 19.9 Å². The van der Waals surface area contributed by atoms with Gasteiger partial charge in [-0.25, -0.2) is 0 Å². The third-order valence-electron chi connectivity index (χ3n) is 2.43. The summed E-state index contributed by atoms with van der Waals surface area (Å²) in [5.41, 5.74) is 7.43. The topological polar surface area (TPSA) is 61.8 Å². The molecule has 0 spiro atoms. The van der Waals surface area contributed by atoms with Gasteiger partial charge in [-0.15, -0.1) is 0 Å². The van der Waals surface area contributed by atoms with Gasteiger partial charge >= 0.3 is 0 Å². The third-order valence-corrected chi connectivity index (χ3v) is 2.43. The minimum absolute atomic E-state index is 0.108. The van der Waals surface area contributed by atoms with E-state index in [1.54, 1.807) is 6.07 Å². The first-order chi connectivity index (χ1) is 7.15. The second kappa shape index (κ2) is 5.38. The molecule has 0 aliphatic heterocycles. The molecule has 3 heteroatoms. The van der Waals surface area contributed by atoms with Crippen LogP contribution in [-0.4, -0.2) is 12.6 Å². The van der Waals surface area contributed by atoms with Crippen molar-refractivity contribution >= 4 is 5.69 Å². The lowest BCUT2D eigenvalue weighted by Crippen LogP contribution is -2.34. The van der Waals surface area contributed by atoms with Crippen molar-refractivity contribution in [2.24, 2.45) is 11.7 Å².